The van der Waals surface area contributed by atoms with Gasteiger partial charge in [-0.3, -0.25) is 4.99 Å². The number of hydrogen-bond donors (Lipinski definition) is 1. The van der Waals surface area contributed by atoms with Crippen LogP contribution in [0.4, 0.5) is 0 Å². The van der Waals surface area contributed by atoms with Crippen molar-refractivity contribution < 1.29 is 5.11 Å². The molecule has 2 fully saturated rings. The molecular weight excluding hydrogens is 188 g/mol. The molecule has 1 heterocycles. The van der Waals surface area contributed by atoms with Crippen LogP contribution in [0.2, 0.25) is 0 Å². The summed E-state index contributed by atoms with van der Waals surface area (Å²) >= 11 is 0. The summed E-state index contributed by atoms with van der Waals surface area (Å²) < 4.78 is 0. The first-order valence-electron chi connectivity index (χ1n) is 5.39. The molecule has 3 heteroatoms. The highest BCUT2D eigenvalue weighted by Crippen LogP contribution is 2.53. The molecule has 0 amide bonds. The lowest BCUT2D eigenvalue weighted by molar-refractivity contribution is 0.123. The van der Waals surface area contributed by atoms with Crippen LogP contribution in [0.1, 0.15) is 19.8 Å². The first-order valence-corrected chi connectivity index (χ1v) is 5.39. The molecule has 0 atom stereocenters. The largest absolute Gasteiger partial charge is 0.390 e. The molecule has 1 spiro atoms. The predicted octanol–water partition coefficient (Wildman–Crippen LogP) is 1.56. The van der Waals surface area contributed by atoms with E-state index in [0.717, 1.165) is 0 Å². The lowest BCUT2D eigenvalue weighted by Gasteiger charge is -2.42. The summed E-state index contributed by atoms with van der Waals surface area (Å²) in [6.45, 7) is 7.87. The van der Waals surface area contributed by atoms with Crippen molar-refractivity contribution in [1.29, 1.82) is 0 Å². The number of likely N-dealkylation sites (tertiary alicyclic amines) is 1. The Labute approximate surface area is 90.8 Å². The Balaban J connectivity index is 1.89. The summed E-state index contributed by atoms with van der Waals surface area (Å²) in [5.74, 6) is 0. The Bertz CT molecular complexity index is 319. The van der Waals surface area contributed by atoms with Crippen LogP contribution in [0.3, 0.4) is 0 Å². The van der Waals surface area contributed by atoms with E-state index in [4.69, 9.17) is 5.11 Å². The van der Waals surface area contributed by atoms with Gasteiger partial charge in [0.1, 0.15) is 0 Å². The monoisotopic (exact) mass is 206 g/mol. The van der Waals surface area contributed by atoms with Gasteiger partial charge in [0.05, 0.1) is 12.3 Å². The van der Waals surface area contributed by atoms with Crippen molar-refractivity contribution in [3.8, 4) is 0 Å². The molecular formula is C12H18N2O. The van der Waals surface area contributed by atoms with E-state index in [1.54, 1.807) is 0 Å². The fourth-order valence-corrected chi connectivity index (χ4v) is 1.98. The van der Waals surface area contributed by atoms with Crippen molar-refractivity contribution in [2.24, 2.45) is 10.4 Å². The van der Waals surface area contributed by atoms with E-state index in [1.165, 1.54) is 31.6 Å². The number of nitrogens with zero attached hydrogens (tertiary/aromatic N) is 2. The van der Waals surface area contributed by atoms with Gasteiger partial charge in [0.15, 0.2) is 0 Å². The minimum absolute atomic E-state index is 0.0444. The summed E-state index contributed by atoms with van der Waals surface area (Å²) in [5.41, 5.74) is 2.56. The van der Waals surface area contributed by atoms with Gasteiger partial charge in [-0.15, -0.1) is 0 Å². The molecule has 15 heavy (non-hydrogen) atoms. The van der Waals surface area contributed by atoms with Crippen LogP contribution in [0.25, 0.3) is 0 Å². The summed E-state index contributed by atoms with van der Waals surface area (Å²) in [7, 11) is 0. The zero-order chi connectivity index (χ0) is 10.9. The summed E-state index contributed by atoms with van der Waals surface area (Å²) in [5, 5.41) is 8.90. The van der Waals surface area contributed by atoms with Crippen LogP contribution in [0.15, 0.2) is 28.5 Å². The molecule has 1 N–H and O–H groups in total. The van der Waals surface area contributed by atoms with Crippen LogP contribution in [-0.4, -0.2) is 36.4 Å². The van der Waals surface area contributed by atoms with E-state index in [1.807, 2.05) is 12.2 Å². The third-order valence-corrected chi connectivity index (χ3v) is 3.39. The van der Waals surface area contributed by atoms with Gasteiger partial charge in [-0.05, 0) is 38.6 Å². The minimum Gasteiger partial charge on any atom is -0.390 e. The zero-order valence-electron chi connectivity index (χ0n) is 9.24. The molecule has 3 nitrogen and oxygen atoms in total. The van der Waals surface area contributed by atoms with Crippen molar-refractivity contribution in [2.45, 2.75) is 19.8 Å². The molecule has 1 aliphatic carbocycles. The predicted molar refractivity (Wildman–Crippen MR) is 61.7 cm³/mol. The summed E-state index contributed by atoms with van der Waals surface area (Å²) in [6.07, 6.45) is 6.65. The summed E-state index contributed by atoms with van der Waals surface area (Å²) in [4.78, 5) is 6.10. The number of aliphatic imine (C=N–C) groups is 1. The normalized spacial score (nSPS) is 24.0. The highest BCUT2D eigenvalue weighted by Gasteiger charge is 2.52. The molecule has 2 aliphatic rings. The van der Waals surface area contributed by atoms with Gasteiger partial charge in [0.2, 0.25) is 0 Å². The molecule has 0 radical (unpaired) electrons. The second-order valence-electron chi connectivity index (χ2n) is 4.64. The van der Waals surface area contributed by atoms with Crippen molar-refractivity contribution >= 4 is 6.72 Å². The fraction of sp³-hybridized carbons (Fsp3) is 0.583. The van der Waals surface area contributed by atoms with Gasteiger partial charge < -0.3 is 10.0 Å². The number of allylic oxidation sites excluding steroid dienone is 3. The van der Waals surface area contributed by atoms with Gasteiger partial charge in [0.25, 0.3) is 0 Å². The maximum atomic E-state index is 8.90. The Morgan fingerprint density at radius 3 is 2.60 bits per heavy atom. The number of hydrogen-bond acceptors (Lipinski definition) is 3. The molecule has 1 aliphatic heterocycles. The molecule has 1 saturated heterocycles. The van der Waals surface area contributed by atoms with Crippen LogP contribution in [-0.2, 0) is 0 Å². The van der Waals surface area contributed by atoms with Crippen molar-refractivity contribution in [2.75, 3.05) is 19.7 Å². The standard InChI is InChI=1S/C12H18N2O/c1-10(3-4-11(7-15)13-2)14-8-12(9-14)5-6-12/h3-4,15H,2,5-9H2,1H3/b10-3+,11-4-. The average Bonchev–Trinajstić information content (AvgIpc) is 2.96. The zero-order valence-corrected chi connectivity index (χ0v) is 9.24. The lowest BCUT2D eigenvalue weighted by Crippen LogP contribution is -2.46. The van der Waals surface area contributed by atoms with E-state index >= 15 is 0 Å². The van der Waals surface area contributed by atoms with Gasteiger partial charge in [-0.1, -0.05) is 0 Å². The third kappa shape index (κ3) is 2.12. The van der Waals surface area contributed by atoms with Crippen molar-refractivity contribution in [1.82, 2.24) is 4.90 Å². The van der Waals surface area contributed by atoms with E-state index < -0.39 is 0 Å². The molecule has 2 rings (SSSR count). The highest BCUT2D eigenvalue weighted by atomic mass is 16.3. The van der Waals surface area contributed by atoms with Crippen molar-refractivity contribution in [3.63, 3.8) is 0 Å². The van der Waals surface area contributed by atoms with E-state index in [-0.39, 0.29) is 6.61 Å². The Kier molecular flexibility index (Phi) is 2.65. The van der Waals surface area contributed by atoms with Crippen LogP contribution in [0.5, 0.6) is 0 Å². The summed E-state index contributed by atoms with van der Waals surface area (Å²) in [6, 6.07) is 0. The van der Waals surface area contributed by atoms with Gasteiger partial charge in [-0.2, -0.15) is 0 Å². The van der Waals surface area contributed by atoms with Gasteiger partial charge >= 0.3 is 0 Å². The molecule has 82 valence electrons. The minimum atomic E-state index is -0.0444. The molecule has 0 bridgehead atoms. The molecule has 0 aromatic carbocycles. The van der Waals surface area contributed by atoms with Gasteiger partial charge in [0, 0.05) is 24.2 Å². The van der Waals surface area contributed by atoms with E-state index in [2.05, 4.69) is 23.5 Å². The van der Waals surface area contributed by atoms with Crippen LogP contribution in [0, 0.1) is 5.41 Å². The smallest absolute Gasteiger partial charge is 0.0852 e. The SMILES string of the molecule is C=N/C(=C\C=C(/C)N1CC2(CC2)C1)CO. The topological polar surface area (TPSA) is 35.8 Å². The lowest BCUT2D eigenvalue weighted by atomic mass is 9.96. The first-order chi connectivity index (χ1) is 7.19. The van der Waals surface area contributed by atoms with Crippen LogP contribution >= 0.6 is 0 Å². The molecule has 1 saturated carbocycles. The molecule has 0 aromatic rings. The van der Waals surface area contributed by atoms with E-state index in [9.17, 15) is 0 Å². The maximum absolute atomic E-state index is 8.90. The maximum Gasteiger partial charge on any atom is 0.0852 e. The van der Waals surface area contributed by atoms with Crippen molar-refractivity contribution in [3.05, 3.63) is 23.5 Å². The fourth-order valence-electron chi connectivity index (χ4n) is 1.98. The average molecular weight is 206 g/mol. The van der Waals surface area contributed by atoms with Gasteiger partial charge in [-0.25, -0.2) is 0 Å². The number of rotatable bonds is 4. The number of aliphatic hydroxyl groups excluding tert-OH is 1. The van der Waals surface area contributed by atoms with Crippen LogP contribution < -0.4 is 0 Å². The Morgan fingerprint density at radius 1 is 1.47 bits per heavy atom. The third-order valence-electron chi connectivity index (χ3n) is 3.39. The second kappa shape index (κ2) is 3.81. The Hall–Kier alpha value is -1.09. The Morgan fingerprint density at radius 2 is 2.13 bits per heavy atom. The first kappa shape index (κ1) is 10.4. The van der Waals surface area contributed by atoms with E-state index in [0.29, 0.717) is 11.1 Å². The molecule has 0 unspecified atom stereocenters. The second-order valence-corrected chi connectivity index (χ2v) is 4.64. The quantitative estimate of drug-likeness (QED) is 0.559. The highest BCUT2D eigenvalue weighted by molar-refractivity contribution is 5.31. The number of aliphatic hydroxyl groups is 1. The molecule has 0 aromatic heterocycles.